The second-order valence-corrected chi connectivity index (χ2v) is 5.48. The maximum absolute atomic E-state index is 12.0. The van der Waals surface area contributed by atoms with E-state index in [-0.39, 0.29) is 5.91 Å². The fraction of sp³-hybridized carbons (Fsp3) is 0.263. The molecule has 24 heavy (non-hydrogen) atoms. The topological polar surface area (TPSA) is 59.9 Å². The molecule has 0 aliphatic carbocycles. The molecule has 1 N–H and O–H groups in total. The van der Waals surface area contributed by atoms with Gasteiger partial charge >= 0.3 is 0 Å². The lowest BCUT2D eigenvalue weighted by Gasteiger charge is -2.09. The van der Waals surface area contributed by atoms with Crippen LogP contribution in [0.5, 0.6) is 11.5 Å². The summed E-state index contributed by atoms with van der Waals surface area (Å²) in [5.74, 6) is 1.02. The number of carbonyl (C=O) groups excluding carboxylic acids is 1. The largest absolute Gasteiger partial charge is 0.493 e. The molecule has 0 heterocycles. The summed E-state index contributed by atoms with van der Waals surface area (Å²) in [4.78, 5) is 12.0. The van der Waals surface area contributed by atoms with Gasteiger partial charge in [0, 0.05) is 5.56 Å². The molecule has 0 atom stereocenters. The molecule has 0 aliphatic rings. The summed E-state index contributed by atoms with van der Waals surface area (Å²) < 4.78 is 10.6. The van der Waals surface area contributed by atoms with Crippen LogP contribution in [-0.2, 0) is 11.2 Å². The molecule has 2 aromatic carbocycles. The summed E-state index contributed by atoms with van der Waals surface area (Å²) in [5, 5.41) is 4.01. The first-order valence-electron chi connectivity index (χ1n) is 7.64. The summed E-state index contributed by atoms with van der Waals surface area (Å²) in [6.07, 6.45) is 1.83. The number of hydrogen-bond acceptors (Lipinski definition) is 4. The predicted octanol–water partition coefficient (Wildman–Crippen LogP) is 3.01. The van der Waals surface area contributed by atoms with Crippen LogP contribution >= 0.6 is 0 Å². The molecule has 0 saturated heterocycles. The summed E-state index contributed by atoms with van der Waals surface area (Å²) in [6, 6.07) is 11.5. The van der Waals surface area contributed by atoms with Crippen molar-refractivity contribution in [3.8, 4) is 11.5 Å². The van der Waals surface area contributed by atoms with Crippen molar-refractivity contribution in [1.82, 2.24) is 5.43 Å². The van der Waals surface area contributed by atoms with Gasteiger partial charge in [0.2, 0.25) is 5.91 Å². The number of nitrogens with zero attached hydrogens (tertiary/aromatic N) is 1. The second-order valence-electron chi connectivity index (χ2n) is 5.48. The molecule has 0 unspecified atom stereocenters. The molecule has 2 rings (SSSR count). The molecule has 0 spiro atoms. The number of aryl methyl sites for hydroxylation is 2. The molecule has 126 valence electrons. The van der Waals surface area contributed by atoms with E-state index in [1.165, 1.54) is 5.56 Å². The molecule has 0 aromatic heterocycles. The SMILES string of the molecule is COc1cccc(/C=N/NC(=O)Cc2ccc(C)cc2C)c1OC. The zero-order valence-electron chi connectivity index (χ0n) is 14.4. The van der Waals surface area contributed by atoms with Gasteiger partial charge in [-0.2, -0.15) is 5.10 Å². The third-order valence-electron chi connectivity index (χ3n) is 3.68. The van der Waals surface area contributed by atoms with Gasteiger partial charge in [-0.15, -0.1) is 0 Å². The molecule has 1 amide bonds. The average Bonchev–Trinajstić information content (AvgIpc) is 2.57. The van der Waals surface area contributed by atoms with Crippen LogP contribution < -0.4 is 14.9 Å². The quantitative estimate of drug-likeness (QED) is 0.656. The van der Waals surface area contributed by atoms with Crippen LogP contribution in [0, 0.1) is 13.8 Å². The maximum Gasteiger partial charge on any atom is 0.244 e. The Bertz CT molecular complexity index is 754. The number of para-hydroxylation sites is 1. The minimum absolute atomic E-state index is 0.167. The normalized spacial score (nSPS) is 10.7. The Morgan fingerprint density at radius 1 is 1.17 bits per heavy atom. The first kappa shape index (κ1) is 17.5. The third-order valence-corrected chi connectivity index (χ3v) is 3.68. The summed E-state index contributed by atoms with van der Waals surface area (Å²) in [6.45, 7) is 4.03. The molecule has 0 saturated carbocycles. The molecule has 0 aliphatic heterocycles. The van der Waals surface area contributed by atoms with E-state index < -0.39 is 0 Å². The highest BCUT2D eigenvalue weighted by Gasteiger charge is 2.08. The number of carbonyl (C=O) groups is 1. The first-order chi connectivity index (χ1) is 11.5. The Morgan fingerprint density at radius 2 is 1.96 bits per heavy atom. The van der Waals surface area contributed by atoms with Crippen LogP contribution in [0.25, 0.3) is 0 Å². The van der Waals surface area contributed by atoms with E-state index in [1.807, 2.05) is 38.1 Å². The van der Waals surface area contributed by atoms with Crippen molar-refractivity contribution in [2.24, 2.45) is 5.10 Å². The minimum atomic E-state index is -0.167. The van der Waals surface area contributed by atoms with Crippen molar-refractivity contribution in [2.45, 2.75) is 20.3 Å². The van der Waals surface area contributed by atoms with Gasteiger partial charge in [0.25, 0.3) is 0 Å². The Hall–Kier alpha value is -2.82. The maximum atomic E-state index is 12.0. The van der Waals surface area contributed by atoms with Crippen molar-refractivity contribution in [2.75, 3.05) is 14.2 Å². The predicted molar refractivity (Wildman–Crippen MR) is 94.9 cm³/mol. The Kier molecular flexibility index (Phi) is 5.95. The number of hydrogen-bond donors (Lipinski definition) is 1. The summed E-state index contributed by atoms with van der Waals surface area (Å²) >= 11 is 0. The highest BCUT2D eigenvalue weighted by Crippen LogP contribution is 2.29. The van der Waals surface area contributed by atoms with Crippen molar-refractivity contribution in [1.29, 1.82) is 0 Å². The molecule has 0 radical (unpaired) electrons. The van der Waals surface area contributed by atoms with E-state index in [0.29, 0.717) is 17.9 Å². The average molecular weight is 326 g/mol. The van der Waals surface area contributed by atoms with Gasteiger partial charge in [-0.1, -0.05) is 29.8 Å². The van der Waals surface area contributed by atoms with Crippen molar-refractivity contribution < 1.29 is 14.3 Å². The molecular weight excluding hydrogens is 304 g/mol. The molecular formula is C19H22N2O3. The van der Waals surface area contributed by atoms with Gasteiger partial charge in [-0.3, -0.25) is 4.79 Å². The monoisotopic (exact) mass is 326 g/mol. The van der Waals surface area contributed by atoms with Crippen molar-refractivity contribution in [3.63, 3.8) is 0 Å². The fourth-order valence-electron chi connectivity index (χ4n) is 2.44. The van der Waals surface area contributed by atoms with E-state index in [2.05, 4.69) is 16.6 Å². The van der Waals surface area contributed by atoms with Gasteiger partial charge in [0.15, 0.2) is 11.5 Å². The van der Waals surface area contributed by atoms with Gasteiger partial charge < -0.3 is 9.47 Å². The van der Waals surface area contributed by atoms with E-state index >= 15 is 0 Å². The number of nitrogens with one attached hydrogen (secondary N) is 1. The van der Waals surface area contributed by atoms with E-state index in [4.69, 9.17) is 9.47 Å². The molecule has 5 nitrogen and oxygen atoms in total. The van der Waals surface area contributed by atoms with E-state index in [9.17, 15) is 4.79 Å². The van der Waals surface area contributed by atoms with Crippen LogP contribution in [0.3, 0.4) is 0 Å². The van der Waals surface area contributed by atoms with Gasteiger partial charge in [0.05, 0.1) is 26.9 Å². The number of amides is 1. The zero-order chi connectivity index (χ0) is 17.5. The number of rotatable bonds is 6. The first-order valence-corrected chi connectivity index (χ1v) is 7.64. The summed E-state index contributed by atoms with van der Waals surface area (Å²) in [7, 11) is 3.14. The third kappa shape index (κ3) is 4.35. The Balaban J connectivity index is 2.02. The lowest BCUT2D eigenvalue weighted by Crippen LogP contribution is -2.20. The Morgan fingerprint density at radius 3 is 2.62 bits per heavy atom. The van der Waals surface area contributed by atoms with E-state index in [1.54, 1.807) is 26.5 Å². The number of benzene rings is 2. The number of ether oxygens (including phenoxy) is 2. The van der Waals surface area contributed by atoms with Crippen LogP contribution in [0.2, 0.25) is 0 Å². The van der Waals surface area contributed by atoms with Crippen LogP contribution in [0.1, 0.15) is 22.3 Å². The lowest BCUT2D eigenvalue weighted by molar-refractivity contribution is -0.120. The molecule has 0 fully saturated rings. The van der Waals surface area contributed by atoms with Crippen LogP contribution in [0.4, 0.5) is 0 Å². The highest BCUT2D eigenvalue weighted by molar-refractivity contribution is 5.86. The minimum Gasteiger partial charge on any atom is -0.493 e. The highest BCUT2D eigenvalue weighted by atomic mass is 16.5. The standard InChI is InChI=1S/C19H22N2O3/c1-13-8-9-15(14(2)10-13)11-18(22)21-20-12-16-6-5-7-17(23-3)19(16)24-4/h5-10,12H,11H2,1-4H3,(H,21,22)/b20-12+. The smallest absolute Gasteiger partial charge is 0.244 e. The van der Waals surface area contributed by atoms with E-state index in [0.717, 1.165) is 16.7 Å². The number of methoxy groups -OCH3 is 2. The van der Waals surface area contributed by atoms with Crippen LogP contribution in [0.15, 0.2) is 41.5 Å². The fourth-order valence-corrected chi connectivity index (χ4v) is 2.44. The molecule has 5 heteroatoms. The van der Waals surface area contributed by atoms with Crippen molar-refractivity contribution >= 4 is 12.1 Å². The lowest BCUT2D eigenvalue weighted by atomic mass is 10.0. The van der Waals surface area contributed by atoms with Gasteiger partial charge in [0.1, 0.15) is 0 Å². The zero-order valence-corrected chi connectivity index (χ0v) is 14.4. The van der Waals surface area contributed by atoms with Gasteiger partial charge in [-0.25, -0.2) is 5.43 Å². The number of hydrazone groups is 1. The van der Waals surface area contributed by atoms with Gasteiger partial charge in [-0.05, 0) is 37.1 Å². The molecule has 2 aromatic rings. The van der Waals surface area contributed by atoms with Crippen LogP contribution in [-0.4, -0.2) is 26.3 Å². The Labute approximate surface area is 142 Å². The van der Waals surface area contributed by atoms with Crippen molar-refractivity contribution in [3.05, 3.63) is 58.7 Å². The molecule has 0 bridgehead atoms. The summed E-state index contributed by atoms with van der Waals surface area (Å²) in [5.41, 5.74) is 6.54. The second kappa shape index (κ2) is 8.15.